The number of benzene rings is 1. The van der Waals surface area contributed by atoms with Gasteiger partial charge in [-0.3, -0.25) is 57.7 Å². The number of rotatable bonds is 35. The fourth-order valence-electron chi connectivity index (χ4n) is 8.55. The molecule has 30 heteroatoms. The first-order valence-electron chi connectivity index (χ1n) is 25.8. The quantitative estimate of drug-likeness (QED) is 0.0175. The fraction of sp³-hybridized carbons (Fsp3) is 0.571. The van der Waals surface area contributed by atoms with E-state index in [9.17, 15) is 67.7 Å². The number of amides is 10. The summed E-state index contributed by atoms with van der Waals surface area (Å²) in [4.78, 5) is 167. The lowest BCUT2D eigenvalue weighted by molar-refractivity contribution is -0.143. The molecular formula is C49H76N16O14. The first-order valence-corrected chi connectivity index (χ1v) is 25.8. The second kappa shape index (κ2) is 32.4. The summed E-state index contributed by atoms with van der Waals surface area (Å²) < 4.78 is 0. The summed E-state index contributed by atoms with van der Waals surface area (Å²) in [5, 5.41) is 37.1. The summed E-state index contributed by atoms with van der Waals surface area (Å²) in [5.41, 5.74) is 34.4. The van der Waals surface area contributed by atoms with Gasteiger partial charge in [0.15, 0.2) is 5.96 Å². The van der Waals surface area contributed by atoms with Crippen molar-refractivity contribution in [2.75, 3.05) is 26.2 Å². The average Bonchev–Trinajstić information content (AvgIpc) is 4.05. The van der Waals surface area contributed by atoms with Crippen LogP contribution < -0.4 is 71.6 Å². The van der Waals surface area contributed by atoms with Crippen LogP contribution in [0, 0.1) is 5.92 Å². The summed E-state index contributed by atoms with van der Waals surface area (Å²) in [6.45, 7) is 3.49. The van der Waals surface area contributed by atoms with E-state index in [1.54, 1.807) is 44.3 Å². The van der Waals surface area contributed by atoms with Crippen molar-refractivity contribution in [3.63, 3.8) is 0 Å². The molecule has 1 saturated heterocycles. The van der Waals surface area contributed by atoms with E-state index >= 15 is 0 Å². The molecular weight excluding hydrogens is 1040 g/mol. The number of carboxylic acid groups (broad SMARTS) is 2. The van der Waals surface area contributed by atoms with E-state index in [1.807, 2.05) is 0 Å². The van der Waals surface area contributed by atoms with Gasteiger partial charge in [-0.1, -0.05) is 38.5 Å². The van der Waals surface area contributed by atoms with E-state index in [0.29, 0.717) is 48.7 Å². The van der Waals surface area contributed by atoms with Crippen LogP contribution in [0.1, 0.15) is 96.5 Å². The van der Waals surface area contributed by atoms with E-state index in [2.05, 4.69) is 47.2 Å². The number of aromatic nitrogens is 1. The van der Waals surface area contributed by atoms with Gasteiger partial charge in [-0.25, -0.2) is 4.79 Å². The molecule has 8 atom stereocenters. The molecule has 0 radical (unpaired) electrons. The molecule has 0 bridgehead atoms. The normalized spacial score (nSPS) is 15.7. The van der Waals surface area contributed by atoms with Crippen LogP contribution in [-0.2, 0) is 64.0 Å². The number of hydrogen-bond acceptors (Lipinski definition) is 15. The van der Waals surface area contributed by atoms with Crippen molar-refractivity contribution >= 4 is 87.9 Å². The molecule has 79 heavy (non-hydrogen) atoms. The van der Waals surface area contributed by atoms with Gasteiger partial charge in [0, 0.05) is 43.0 Å². The van der Waals surface area contributed by atoms with Crippen LogP contribution in [0.3, 0.4) is 0 Å². The van der Waals surface area contributed by atoms with Gasteiger partial charge in [-0.2, -0.15) is 0 Å². The Balaban J connectivity index is 1.88. The summed E-state index contributed by atoms with van der Waals surface area (Å²) >= 11 is 0. The lowest BCUT2D eigenvalue weighted by Crippen LogP contribution is -2.60. The summed E-state index contributed by atoms with van der Waals surface area (Å²) in [6.07, 6.45) is 0.117. The molecule has 10 amide bonds. The number of nitrogens with one attached hydrogen (secondary N) is 8. The second-order valence-electron chi connectivity index (χ2n) is 19.5. The third-order valence-electron chi connectivity index (χ3n) is 12.6. The number of likely N-dealkylation sites (tertiary alicyclic amines) is 1. The number of H-pyrrole nitrogens is 1. The van der Waals surface area contributed by atoms with Gasteiger partial charge in [0.2, 0.25) is 59.1 Å². The van der Waals surface area contributed by atoms with E-state index in [-0.39, 0.29) is 57.1 Å². The lowest BCUT2D eigenvalue weighted by Gasteiger charge is -2.28. The number of primary amides is 2. The number of nitrogens with two attached hydrogens (primary N) is 6. The molecule has 30 nitrogen and oxygen atoms in total. The van der Waals surface area contributed by atoms with E-state index in [1.165, 1.54) is 4.90 Å². The monoisotopic (exact) mass is 1110 g/mol. The summed E-state index contributed by atoms with van der Waals surface area (Å²) in [5.74, 6) is -13.3. The Morgan fingerprint density at radius 2 is 1.28 bits per heavy atom. The molecule has 3 rings (SSSR count). The zero-order chi connectivity index (χ0) is 58.9. The molecule has 0 spiro atoms. The maximum absolute atomic E-state index is 14.1. The largest absolute Gasteiger partial charge is 0.481 e. The molecule has 1 aliphatic rings. The molecule has 1 fully saturated rings. The van der Waals surface area contributed by atoms with Crippen molar-refractivity contribution in [2.24, 2.45) is 45.3 Å². The lowest BCUT2D eigenvalue weighted by atomic mass is 10.0. The maximum Gasteiger partial charge on any atom is 0.326 e. The third kappa shape index (κ3) is 22.2. The van der Waals surface area contributed by atoms with Crippen LogP contribution in [0.5, 0.6) is 0 Å². The van der Waals surface area contributed by atoms with E-state index in [4.69, 9.17) is 34.4 Å². The first-order chi connectivity index (χ1) is 37.3. The number of hydrogen-bond donors (Lipinski definition) is 16. The molecule has 436 valence electrons. The Kier molecular flexibility index (Phi) is 26.6. The van der Waals surface area contributed by atoms with Gasteiger partial charge < -0.3 is 91.7 Å². The Morgan fingerprint density at radius 3 is 1.87 bits per heavy atom. The Morgan fingerprint density at radius 1 is 0.696 bits per heavy atom. The van der Waals surface area contributed by atoms with Crippen molar-refractivity contribution in [1.82, 2.24) is 47.1 Å². The van der Waals surface area contributed by atoms with Crippen LogP contribution in [-0.4, -0.2) is 172 Å². The number of carbonyl (C=O) groups is 12. The number of fused-ring (bicyclic) bond motifs is 1. The predicted molar refractivity (Wildman–Crippen MR) is 284 cm³/mol. The van der Waals surface area contributed by atoms with Crippen molar-refractivity contribution in [3.8, 4) is 0 Å². The average molecular weight is 1110 g/mol. The van der Waals surface area contributed by atoms with Crippen LogP contribution >= 0.6 is 0 Å². The van der Waals surface area contributed by atoms with Crippen LogP contribution in [0.2, 0.25) is 0 Å². The predicted octanol–water partition coefficient (Wildman–Crippen LogP) is -5.02. The highest BCUT2D eigenvalue weighted by Gasteiger charge is 2.38. The highest BCUT2D eigenvalue weighted by molar-refractivity contribution is 6.00. The minimum atomic E-state index is -1.99. The standard InChI is InChI=1S/C49H76N16O14/c1-25(2)19-35(48(78)79)64-44(74)32(20-26-23-57-29-11-4-3-9-27(26)29)61-46(76)34(22-40(69)70)63-43(73)31(14-15-37(52)66)59-45(75)33(21-38(53)67)62-42(72)30(12-7-17-56-49(54)55)60-47(77)36-13-8-18-65(36)39(68)24-58-41(71)28(51)10-5-6-16-50/h3-4,9,11,23,25,28,30-36,57H,5-8,10,12-22,24,50-51H2,1-2H3,(H2,52,66)(H2,53,67)(H,58,71)(H,59,75)(H,60,77)(H,61,76)(H,62,72)(H,63,73)(H,64,74)(H,69,70)(H,78,79)(H4,54,55,56)/t28-,30-,31-,32-,33-,34-,35-,36-/m0/s1. The smallest absolute Gasteiger partial charge is 0.326 e. The topological polar surface area (TPSA) is 517 Å². The zero-order valence-corrected chi connectivity index (χ0v) is 44.3. The van der Waals surface area contributed by atoms with Gasteiger partial charge in [-0.15, -0.1) is 0 Å². The number of aromatic amines is 1. The SMILES string of the molecule is CC(C)C[C@H](NC(=O)[C@H](Cc1c[nH]c2ccccc12)NC(=O)[C@H](CC(=O)O)NC(=O)[C@H](CCC(N)=O)NC(=O)[C@H](CC(N)=O)NC(=O)[C@H](CCCN=C(N)N)NC(=O)[C@@H]1CCCN1C(=O)CNC(=O)[C@@H](N)CCCCN)C(=O)O. The number of carboxylic acids is 2. The zero-order valence-electron chi connectivity index (χ0n) is 44.3. The van der Waals surface area contributed by atoms with Gasteiger partial charge in [0.05, 0.1) is 25.4 Å². The summed E-state index contributed by atoms with van der Waals surface area (Å²) in [6, 6.07) is -5.24. The Bertz CT molecular complexity index is 2530. The third-order valence-corrected chi connectivity index (χ3v) is 12.6. The van der Waals surface area contributed by atoms with Crippen molar-refractivity contribution in [2.45, 2.75) is 146 Å². The number of unbranched alkanes of at least 4 members (excludes halogenated alkanes) is 1. The van der Waals surface area contributed by atoms with Crippen molar-refractivity contribution < 1.29 is 67.7 Å². The second-order valence-corrected chi connectivity index (χ2v) is 19.5. The minimum absolute atomic E-state index is 0.00710. The molecule has 0 saturated carbocycles. The molecule has 0 unspecified atom stereocenters. The van der Waals surface area contributed by atoms with Gasteiger partial charge in [0.1, 0.15) is 42.3 Å². The number of para-hydroxylation sites is 1. The van der Waals surface area contributed by atoms with Crippen molar-refractivity contribution in [1.29, 1.82) is 0 Å². The molecule has 1 aromatic heterocycles. The Hall–Kier alpha value is -8.41. The molecule has 1 aromatic carbocycles. The van der Waals surface area contributed by atoms with Crippen LogP contribution in [0.25, 0.3) is 10.9 Å². The number of nitrogens with zero attached hydrogens (tertiary/aromatic N) is 2. The number of guanidine groups is 1. The minimum Gasteiger partial charge on any atom is -0.481 e. The van der Waals surface area contributed by atoms with E-state index in [0.717, 1.165) is 0 Å². The molecule has 2 heterocycles. The molecule has 0 aliphatic carbocycles. The summed E-state index contributed by atoms with van der Waals surface area (Å²) in [7, 11) is 0. The van der Waals surface area contributed by atoms with Crippen LogP contribution in [0.15, 0.2) is 35.5 Å². The fourth-order valence-corrected chi connectivity index (χ4v) is 8.55. The Labute approximate surface area is 454 Å². The first kappa shape index (κ1) is 64.9. The number of aliphatic imine (C=N–C) groups is 1. The highest BCUT2D eigenvalue weighted by atomic mass is 16.4. The van der Waals surface area contributed by atoms with E-state index < -0.39 is 152 Å². The maximum atomic E-state index is 14.1. The number of carbonyl (C=O) groups excluding carboxylic acids is 10. The van der Waals surface area contributed by atoms with Crippen molar-refractivity contribution in [3.05, 3.63) is 36.0 Å². The van der Waals surface area contributed by atoms with Gasteiger partial charge in [0.25, 0.3) is 0 Å². The van der Waals surface area contributed by atoms with Crippen LogP contribution in [0.4, 0.5) is 0 Å². The molecule has 2 aromatic rings. The van der Waals surface area contributed by atoms with Gasteiger partial charge in [-0.05, 0) is 75.5 Å². The number of aliphatic carboxylic acids is 2. The highest BCUT2D eigenvalue weighted by Crippen LogP contribution is 2.21. The molecule has 1 aliphatic heterocycles. The molecule has 22 N–H and O–H groups in total. The van der Waals surface area contributed by atoms with Gasteiger partial charge >= 0.3 is 11.9 Å².